The molecule has 0 fully saturated rings. The lowest BCUT2D eigenvalue weighted by Gasteiger charge is -2.08. The maximum absolute atomic E-state index is 12.4. The highest BCUT2D eigenvalue weighted by atomic mass is 16.5. The van der Waals surface area contributed by atoms with Gasteiger partial charge in [0.2, 0.25) is 0 Å². The Balaban J connectivity index is 2.17. The summed E-state index contributed by atoms with van der Waals surface area (Å²) in [5.41, 5.74) is 2.59. The Morgan fingerprint density at radius 1 is 1.48 bits per heavy atom. The first-order chi connectivity index (χ1) is 10.1. The molecule has 0 aliphatic carbocycles. The van der Waals surface area contributed by atoms with Gasteiger partial charge in [0.05, 0.1) is 6.61 Å². The molecule has 7 nitrogen and oxygen atoms in total. The summed E-state index contributed by atoms with van der Waals surface area (Å²) in [4.78, 5) is 16.1. The Morgan fingerprint density at radius 3 is 2.86 bits per heavy atom. The number of nitriles is 1. The summed E-state index contributed by atoms with van der Waals surface area (Å²) in [5.74, 6) is 0.00882. The minimum Gasteiger partial charge on any atom is -0.383 e. The van der Waals surface area contributed by atoms with Crippen molar-refractivity contribution in [2.75, 3.05) is 13.7 Å². The number of carbonyl (C=O) groups is 1. The quantitative estimate of drug-likeness (QED) is 0.742. The van der Waals surface area contributed by atoms with Crippen LogP contribution < -0.4 is 0 Å². The Labute approximate surface area is 122 Å². The summed E-state index contributed by atoms with van der Waals surface area (Å²) in [6.45, 7) is 5.26. The predicted molar refractivity (Wildman–Crippen MR) is 74.8 cm³/mol. The first kappa shape index (κ1) is 14.9. The van der Waals surface area contributed by atoms with Gasteiger partial charge in [-0.05, 0) is 19.9 Å². The number of aryl methyl sites for hydroxylation is 1. The maximum atomic E-state index is 12.4. The van der Waals surface area contributed by atoms with Gasteiger partial charge in [-0.15, -0.1) is 5.10 Å². The minimum absolute atomic E-state index is 0.0545. The molecule has 110 valence electrons. The van der Waals surface area contributed by atoms with Gasteiger partial charge in [-0.1, -0.05) is 0 Å². The number of carbonyl (C=O) groups excluding carboxylic acids is 1. The van der Waals surface area contributed by atoms with Gasteiger partial charge in [0.1, 0.15) is 18.9 Å². The zero-order chi connectivity index (χ0) is 15.4. The molecule has 7 heteroatoms. The Bertz CT molecular complexity index is 693. The van der Waals surface area contributed by atoms with Crippen molar-refractivity contribution in [3.05, 3.63) is 35.2 Å². The van der Waals surface area contributed by atoms with E-state index in [1.807, 2.05) is 26.0 Å². The van der Waals surface area contributed by atoms with Crippen LogP contribution in [0.1, 0.15) is 27.6 Å². The molecule has 0 N–H and O–H groups in total. The highest BCUT2D eigenvalue weighted by molar-refractivity contribution is 5.97. The van der Waals surface area contributed by atoms with Crippen LogP contribution in [0.5, 0.6) is 0 Å². The number of methoxy groups -OCH3 is 1. The molecule has 2 aromatic rings. The smallest absolute Gasteiger partial charge is 0.252 e. The number of ketones is 1. The van der Waals surface area contributed by atoms with E-state index in [1.165, 1.54) is 11.0 Å². The summed E-state index contributed by atoms with van der Waals surface area (Å²) in [5, 5.41) is 12.6. The van der Waals surface area contributed by atoms with Crippen molar-refractivity contribution in [2.45, 2.75) is 26.9 Å². The van der Waals surface area contributed by atoms with E-state index in [9.17, 15) is 4.79 Å². The van der Waals surface area contributed by atoms with E-state index >= 15 is 0 Å². The normalized spacial score (nSPS) is 10.6. The van der Waals surface area contributed by atoms with E-state index in [0.717, 1.165) is 11.4 Å². The van der Waals surface area contributed by atoms with E-state index in [1.54, 1.807) is 7.11 Å². The number of nitrogens with zero attached hydrogens (tertiary/aromatic N) is 5. The lowest BCUT2D eigenvalue weighted by molar-refractivity contribution is 0.0966. The van der Waals surface area contributed by atoms with Gasteiger partial charge in [-0.2, -0.15) is 5.26 Å². The van der Waals surface area contributed by atoms with Crippen LogP contribution in [-0.4, -0.2) is 38.8 Å². The molecule has 0 aromatic carbocycles. The van der Waals surface area contributed by atoms with Crippen LogP contribution in [0.2, 0.25) is 0 Å². The molecule has 2 aromatic heterocycles. The molecule has 2 heterocycles. The fourth-order valence-corrected chi connectivity index (χ4v) is 2.26. The van der Waals surface area contributed by atoms with Gasteiger partial charge in [0.25, 0.3) is 5.82 Å². The average Bonchev–Trinajstić information content (AvgIpc) is 3.02. The third kappa shape index (κ3) is 3.17. The molecule has 2 rings (SSSR count). The van der Waals surface area contributed by atoms with Gasteiger partial charge in [-0.25, -0.2) is 9.67 Å². The second kappa shape index (κ2) is 6.33. The number of hydrogen-bond acceptors (Lipinski definition) is 5. The standard InChI is InChI=1S/C14H17N5O2/c1-10-6-12(11(2)19(10)4-5-21-3)13(20)8-18-9-16-14(7-15)17-18/h6,9H,4-5,8H2,1-3H3. The Morgan fingerprint density at radius 2 is 2.24 bits per heavy atom. The summed E-state index contributed by atoms with van der Waals surface area (Å²) < 4.78 is 8.51. The highest BCUT2D eigenvalue weighted by Crippen LogP contribution is 2.16. The highest BCUT2D eigenvalue weighted by Gasteiger charge is 2.16. The van der Waals surface area contributed by atoms with Gasteiger partial charge in [0.15, 0.2) is 5.78 Å². The van der Waals surface area contributed by atoms with E-state index in [0.29, 0.717) is 18.7 Å². The van der Waals surface area contributed by atoms with E-state index in [2.05, 4.69) is 14.6 Å². The molecule has 0 spiro atoms. The molecule has 0 saturated heterocycles. The second-order valence-corrected chi connectivity index (χ2v) is 4.73. The van der Waals surface area contributed by atoms with Crippen molar-refractivity contribution in [3.63, 3.8) is 0 Å². The molecule has 0 aliphatic rings. The van der Waals surface area contributed by atoms with E-state index in [-0.39, 0.29) is 18.2 Å². The molecular formula is C14H17N5O2. The number of Topliss-reactive ketones (excluding diaryl/α,β-unsaturated/α-hetero) is 1. The molecule has 0 radical (unpaired) electrons. The van der Waals surface area contributed by atoms with Crippen LogP contribution in [-0.2, 0) is 17.8 Å². The molecular weight excluding hydrogens is 270 g/mol. The van der Waals surface area contributed by atoms with Crippen molar-refractivity contribution >= 4 is 5.78 Å². The lowest BCUT2D eigenvalue weighted by Crippen LogP contribution is -2.13. The first-order valence-electron chi connectivity index (χ1n) is 6.55. The number of aromatic nitrogens is 4. The van der Waals surface area contributed by atoms with Gasteiger partial charge in [0, 0.05) is 30.6 Å². The second-order valence-electron chi connectivity index (χ2n) is 4.73. The van der Waals surface area contributed by atoms with Crippen LogP contribution in [0.15, 0.2) is 12.4 Å². The maximum Gasteiger partial charge on any atom is 0.252 e. The number of rotatable bonds is 6. The van der Waals surface area contributed by atoms with Crippen molar-refractivity contribution in [1.82, 2.24) is 19.3 Å². The van der Waals surface area contributed by atoms with Crippen LogP contribution in [0, 0.1) is 25.2 Å². The van der Waals surface area contributed by atoms with Gasteiger partial charge in [-0.3, -0.25) is 4.79 Å². The first-order valence-corrected chi connectivity index (χ1v) is 6.55. The van der Waals surface area contributed by atoms with E-state index < -0.39 is 0 Å². The zero-order valence-corrected chi connectivity index (χ0v) is 12.3. The molecule has 21 heavy (non-hydrogen) atoms. The minimum atomic E-state index is -0.0545. The molecule has 0 bridgehead atoms. The monoisotopic (exact) mass is 287 g/mol. The van der Waals surface area contributed by atoms with Gasteiger partial charge < -0.3 is 9.30 Å². The molecule has 0 unspecified atom stereocenters. The number of ether oxygens (including phenoxy) is 1. The molecule has 0 saturated carbocycles. The third-order valence-electron chi connectivity index (χ3n) is 3.34. The van der Waals surface area contributed by atoms with Crippen molar-refractivity contribution in [1.29, 1.82) is 5.26 Å². The summed E-state index contributed by atoms with van der Waals surface area (Å²) in [6, 6.07) is 3.71. The average molecular weight is 287 g/mol. The largest absolute Gasteiger partial charge is 0.383 e. The van der Waals surface area contributed by atoms with Crippen LogP contribution in [0.4, 0.5) is 0 Å². The molecule has 0 aliphatic heterocycles. The van der Waals surface area contributed by atoms with Gasteiger partial charge >= 0.3 is 0 Å². The predicted octanol–water partition coefficient (Wildman–Crippen LogP) is 1.10. The van der Waals surface area contributed by atoms with Crippen molar-refractivity contribution in [3.8, 4) is 6.07 Å². The summed E-state index contributed by atoms with van der Waals surface area (Å²) in [7, 11) is 1.65. The van der Waals surface area contributed by atoms with Crippen molar-refractivity contribution in [2.24, 2.45) is 0 Å². The lowest BCUT2D eigenvalue weighted by atomic mass is 10.1. The zero-order valence-electron chi connectivity index (χ0n) is 12.3. The molecule has 0 amide bonds. The summed E-state index contributed by atoms with van der Waals surface area (Å²) in [6.07, 6.45) is 1.39. The number of hydrogen-bond donors (Lipinski definition) is 0. The van der Waals surface area contributed by atoms with Crippen molar-refractivity contribution < 1.29 is 9.53 Å². The van der Waals surface area contributed by atoms with Crippen LogP contribution >= 0.6 is 0 Å². The fraction of sp³-hybridized carbons (Fsp3) is 0.429. The third-order valence-corrected chi connectivity index (χ3v) is 3.34. The molecule has 0 atom stereocenters. The Hall–Kier alpha value is -2.46. The Kier molecular flexibility index (Phi) is 4.50. The SMILES string of the molecule is COCCn1c(C)cc(C(=O)Cn2cnc(C#N)n2)c1C. The topological polar surface area (TPSA) is 85.7 Å². The van der Waals surface area contributed by atoms with Crippen LogP contribution in [0.25, 0.3) is 0 Å². The van der Waals surface area contributed by atoms with E-state index in [4.69, 9.17) is 10.00 Å². The fourth-order valence-electron chi connectivity index (χ4n) is 2.26. The summed E-state index contributed by atoms with van der Waals surface area (Å²) >= 11 is 0. The van der Waals surface area contributed by atoms with Crippen LogP contribution in [0.3, 0.4) is 0 Å².